The van der Waals surface area contributed by atoms with Crippen LogP contribution in [0.3, 0.4) is 0 Å². The van der Waals surface area contributed by atoms with Gasteiger partial charge in [0.1, 0.15) is 12.4 Å². The normalized spacial score (nSPS) is 25.9. The molecule has 1 aromatic carbocycles. The van der Waals surface area contributed by atoms with Gasteiger partial charge in [-0.2, -0.15) is 0 Å². The Morgan fingerprint density at radius 2 is 1.90 bits per heavy atom. The molecule has 0 radical (unpaired) electrons. The topological polar surface area (TPSA) is 44.5 Å². The van der Waals surface area contributed by atoms with Crippen molar-refractivity contribution in [3.8, 4) is 5.75 Å². The molecule has 1 aromatic rings. The van der Waals surface area contributed by atoms with Crippen LogP contribution in [-0.4, -0.2) is 18.3 Å². The first-order valence-corrected chi connectivity index (χ1v) is 8.33. The highest BCUT2D eigenvalue weighted by Gasteiger charge is 2.40. The van der Waals surface area contributed by atoms with Crippen LogP contribution in [0.25, 0.3) is 0 Å². The lowest BCUT2D eigenvalue weighted by atomic mass is 9.83. The second-order valence-corrected chi connectivity index (χ2v) is 6.69. The Hall–Kier alpha value is -1.06. The molecule has 0 amide bonds. The quantitative estimate of drug-likeness (QED) is 0.912. The van der Waals surface area contributed by atoms with Gasteiger partial charge in [-0.1, -0.05) is 31.4 Å². The van der Waals surface area contributed by atoms with Crippen LogP contribution in [0.2, 0.25) is 0 Å². The predicted molar refractivity (Wildman–Crippen MR) is 84.5 cm³/mol. The number of ether oxygens (including phenoxy) is 2. The van der Waals surface area contributed by atoms with Gasteiger partial charge in [0, 0.05) is 6.04 Å². The lowest BCUT2D eigenvalue weighted by Crippen LogP contribution is -2.32. The molecule has 1 aliphatic heterocycles. The van der Waals surface area contributed by atoms with Gasteiger partial charge in [-0.05, 0) is 50.3 Å². The summed E-state index contributed by atoms with van der Waals surface area (Å²) >= 11 is 0. The van der Waals surface area contributed by atoms with Gasteiger partial charge < -0.3 is 15.2 Å². The summed E-state index contributed by atoms with van der Waals surface area (Å²) in [7, 11) is 0. The zero-order chi connectivity index (χ0) is 14.7. The molecule has 1 spiro atoms. The number of benzene rings is 1. The summed E-state index contributed by atoms with van der Waals surface area (Å²) in [6, 6.07) is 8.16. The monoisotopic (exact) mass is 289 g/mol. The average Bonchev–Trinajstić information content (AvgIpc) is 2.89. The number of hydrogen-bond donors (Lipinski definition) is 1. The van der Waals surface area contributed by atoms with Crippen LogP contribution >= 0.6 is 0 Å². The van der Waals surface area contributed by atoms with Gasteiger partial charge >= 0.3 is 0 Å². The van der Waals surface area contributed by atoms with Crippen molar-refractivity contribution in [3.63, 3.8) is 0 Å². The summed E-state index contributed by atoms with van der Waals surface area (Å²) < 4.78 is 12.2. The Morgan fingerprint density at radius 1 is 1.19 bits per heavy atom. The predicted octanol–water partition coefficient (Wildman–Crippen LogP) is 3.97. The molecule has 2 unspecified atom stereocenters. The molecule has 116 valence electrons. The molecule has 3 rings (SSSR count). The van der Waals surface area contributed by atoms with E-state index in [4.69, 9.17) is 15.2 Å². The van der Waals surface area contributed by atoms with Gasteiger partial charge in [-0.15, -0.1) is 0 Å². The zero-order valence-corrected chi connectivity index (χ0v) is 13.0. The molecule has 1 saturated carbocycles. The maximum Gasteiger partial charge on any atom is 0.119 e. The van der Waals surface area contributed by atoms with E-state index >= 15 is 0 Å². The van der Waals surface area contributed by atoms with E-state index in [1.807, 2.05) is 31.2 Å². The Balaban J connectivity index is 1.49. The molecule has 2 N–H and O–H groups in total. The lowest BCUT2D eigenvalue weighted by Gasteiger charge is -2.33. The third-order valence-electron chi connectivity index (χ3n) is 4.95. The van der Waals surface area contributed by atoms with E-state index in [1.165, 1.54) is 38.5 Å². The van der Waals surface area contributed by atoms with Gasteiger partial charge in [-0.3, -0.25) is 0 Å². The molecular formula is C18H27NO2. The lowest BCUT2D eigenvalue weighted by molar-refractivity contribution is -0.0748. The van der Waals surface area contributed by atoms with E-state index in [9.17, 15) is 0 Å². The second kappa shape index (κ2) is 6.37. The van der Waals surface area contributed by atoms with Crippen LogP contribution in [0.4, 0.5) is 0 Å². The maximum atomic E-state index is 6.33. The molecule has 21 heavy (non-hydrogen) atoms. The van der Waals surface area contributed by atoms with Crippen LogP contribution in [0, 0.1) is 0 Å². The smallest absolute Gasteiger partial charge is 0.119 e. The summed E-state index contributed by atoms with van der Waals surface area (Å²) in [5.41, 5.74) is 7.18. The molecule has 0 aromatic heterocycles. The molecule has 2 aliphatic rings. The Labute approximate surface area is 127 Å². The number of nitrogens with two attached hydrogens (primary N) is 1. The first kappa shape index (κ1) is 14.9. The number of rotatable bonds is 4. The van der Waals surface area contributed by atoms with Crippen LogP contribution < -0.4 is 10.5 Å². The van der Waals surface area contributed by atoms with Crippen molar-refractivity contribution in [1.82, 2.24) is 0 Å². The SMILES string of the molecule is CC(N)c1ccc(OCC2CCC3(CCCCC3)O2)cc1. The van der Waals surface area contributed by atoms with E-state index in [1.54, 1.807) is 0 Å². The van der Waals surface area contributed by atoms with Crippen molar-refractivity contribution in [1.29, 1.82) is 0 Å². The Morgan fingerprint density at radius 3 is 2.57 bits per heavy atom. The van der Waals surface area contributed by atoms with E-state index in [-0.39, 0.29) is 17.7 Å². The standard InChI is InChI=1S/C18H27NO2/c1-14(19)15-5-7-16(8-6-15)20-13-17-9-12-18(21-17)10-3-2-4-11-18/h5-8,14,17H,2-4,9-13,19H2,1H3. The largest absolute Gasteiger partial charge is 0.491 e. The van der Waals surface area contributed by atoms with Gasteiger partial charge in [0.15, 0.2) is 0 Å². The van der Waals surface area contributed by atoms with Crippen molar-refractivity contribution >= 4 is 0 Å². The summed E-state index contributed by atoms with van der Waals surface area (Å²) in [4.78, 5) is 0. The summed E-state index contributed by atoms with van der Waals surface area (Å²) in [5, 5.41) is 0. The first-order valence-electron chi connectivity index (χ1n) is 8.33. The van der Waals surface area contributed by atoms with Gasteiger partial charge in [-0.25, -0.2) is 0 Å². The fourth-order valence-electron chi connectivity index (χ4n) is 3.63. The van der Waals surface area contributed by atoms with Crippen molar-refractivity contribution in [2.45, 2.75) is 69.6 Å². The van der Waals surface area contributed by atoms with Gasteiger partial charge in [0.25, 0.3) is 0 Å². The minimum absolute atomic E-state index is 0.0726. The van der Waals surface area contributed by atoms with Crippen LogP contribution in [0.1, 0.15) is 63.5 Å². The van der Waals surface area contributed by atoms with Crippen molar-refractivity contribution in [2.24, 2.45) is 5.73 Å². The minimum Gasteiger partial charge on any atom is -0.491 e. The van der Waals surface area contributed by atoms with E-state index in [0.717, 1.165) is 17.7 Å². The fraction of sp³-hybridized carbons (Fsp3) is 0.667. The van der Waals surface area contributed by atoms with Crippen molar-refractivity contribution in [2.75, 3.05) is 6.61 Å². The minimum atomic E-state index is 0.0726. The first-order chi connectivity index (χ1) is 10.2. The van der Waals surface area contributed by atoms with E-state index < -0.39 is 0 Å². The highest BCUT2D eigenvalue weighted by atomic mass is 16.6. The molecule has 2 fully saturated rings. The molecule has 1 aliphatic carbocycles. The molecule has 3 nitrogen and oxygen atoms in total. The molecule has 3 heteroatoms. The molecule has 2 atom stereocenters. The maximum absolute atomic E-state index is 6.33. The van der Waals surface area contributed by atoms with Gasteiger partial charge in [0.05, 0.1) is 11.7 Å². The average molecular weight is 289 g/mol. The van der Waals surface area contributed by atoms with Gasteiger partial charge in [0.2, 0.25) is 0 Å². The van der Waals surface area contributed by atoms with E-state index in [2.05, 4.69) is 0 Å². The van der Waals surface area contributed by atoms with E-state index in [0.29, 0.717) is 6.61 Å². The molecule has 0 bridgehead atoms. The third kappa shape index (κ3) is 3.58. The molecular weight excluding hydrogens is 262 g/mol. The van der Waals surface area contributed by atoms with Crippen LogP contribution in [-0.2, 0) is 4.74 Å². The highest BCUT2D eigenvalue weighted by Crippen LogP contribution is 2.41. The second-order valence-electron chi connectivity index (χ2n) is 6.69. The number of hydrogen-bond acceptors (Lipinski definition) is 3. The highest BCUT2D eigenvalue weighted by molar-refractivity contribution is 5.28. The fourth-order valence-corrected chi connectivity index (χ4v) is 3.63. The zero-order valence-electron chi connectivity index (χ0n) is 13.0. The summed E-state index contributed by atoms with van der Waals surface area (Å²) in [5.74, 6) is 0.910. The Bertz CT molecular complexity index is 449. The van der Waals surface area contributed by atoms with Crippen LogP contribution in [0.15, 0.2) is 24.3 Å². The third-order valence-corrected chi connectivity index (χ3v) is 4.95. The summed E-state index contributed by atoms with van der Waals surface area (Å²) in [6.45, 7) is 2.66. The molecule has 1 saturated heterocycles. The summed E-state index contributed by atoms with van der Waals surface area (Å²) in [6.07, 6.45) is 9.12. The Kier molecular flexibility index (Phi) is 4.51. The van der Waals surface area contributed by atoms with Crippen molar-refractivity contribution < 1.29 is 9.47 Å². The van der Waals surface area contributed by atoms with Crippen LogP contribution in [0.5, 0.6) is 5.75 Å². The van der Waals surface area contributed by atoms with Crippen molar-refractivity contribution in [3.05, 3.63) is 29.8 Å². The molecule has 1 heterocycles.